The molecule has 1 amide bonds. The zero-order valence-corrected chi connectivity index (χ0v) is 8.20. The Bertz CT molecular complexity index is 557. The molecule has 0 aromatic carbocycles. The van der Waals surface area contributed by atoms with E-state index in [0.29, 0.717) is 11.3 Å². The topological polar surface area (TPSA) is 75.9 Å². The first-order valence-electron chi connectivity index (χ1n) is 4.52. The maximum absolute atomic E-state index is 11.4. The average Bonchev–Trinajstić information content (AvgIpc) is 2.32. The Morgan fingerprint density at radius 2 is 2.13 bits per heavy atom. The minimum absolute atomic E-state index is 0.0318. The molecule has 0 saturated carbocycles. The van der Waals surface area contributed by atoms with Gasteiger partial charge in [-0.1, -0.05) is 17.7 Å². The molecule has 0 atom stereocenters. The van der Waals surface area contributed by atoms with Gasteiger partial charge in [-0.25, -0.2) is 0 Å². The first-order chi connectivity index (χ1) is 7.09. The zero-order valence-electron chi connectivity index (χ0n) is 8.20. The lowest BCUT2D eigenvalue weighted by Crippen LogP contribution is -2.19. The maximum atomic E-state index is 11.4. The van der Waals surface area contributed by atoms with Crippen LogP contribution < -0.4 is 11.3 Å². The van der Waals surface area contributed by atoms with Crippen molar-refractivity contribution in [2.24, 2.45) is 5.73 Å². The Labute approximate surface area is 86.1 Å². The van der Waals surface area contributed by atoms with Crippen molar-refractivity contribution in [3.8, 4) is 11.3 Å². The minimum atomic E-state index is -0.697. The van der Waals surface area contributed by atoms with Crippen molar-refractivity contribution in [2.45, 2.75) is 6.92 Å². The van der Waals surface area contributed by atoms with Gasteiger partial charge >= 0.3 is 0 Å². The predicted molar refractivity (Wildman–Crippen MR) is 56.9 cm³/mol. The van der Waals surface area contributed by atoms with Crippen molar-refractivity contribution in [1.82, 2.24) is 4.98 Å². The van der Waals surface area contributed by atoms with E-state index in [4.69, 9.17) is 5.73 Å². The second-order valence-electron chi connectivity index (χ2n) is 3.43. The number of hydrogen-bond acceptors (Lipinski definition) is 2. The van der Waals surface area contributed by atoms with Gasteiger partial charge in [-0.15, -0.1) is 0 Å². The lowest BCUT2D eigenvalue weighted by atomic mass is 10.1. The summed E-state index contributed by atoms with van der Waals surface area (Å²) in [5.74, 6) is -0.697. The molecule has 4 heteroatoms. The molecule has 0 unspecified atom stereocenters. The lowest BCUT2D eigenvalue weighted by Gasteiger charge is -1.93. The largest absolute Gasteiger partial charge is 0.365 e. The van der Waals surface area contributed by atoms with Gasteiger partial charge < -0.3 is 10.7 Å². The highest BCUT2D eigenvalue weighted by Crippen LogP contribution is 2.21. The molecule has 15 heavy (non-hydrogen) atoms. The third kappa shape index (κ3) is 1.50. The minimum Gasteiger partial charge on any atom is -0.365 e. The standard InChI is InChI=1S/C11H10N2O2/c1-6-3-2-4-8-7(5-6)9(10(12)14)11(15)13-8/h2-5H,1H3,(H2,12,14)(H,13,15). The van der Waals surface area contributed by atoms with Crippen molar-refractivity contribution in [2.75, 3.05) is 0 Å². The molecule has 1 heterocycles. The molecule has 2 rings (SSSR count). The van der Waals surface area contributed by atoms with Gasteiger partial charge in [0.2, 0.25) is 0 Å². The van der Waals surface area contributed by atoms with Crippen LogP contribution in [0.15, 0.2) is 29.1 Å². The number of nitrogens with two attached hydrogens (primary N) is 1. The molecular weight excluding hydrogens is 192 g/mol. The molecular formula is C11H10N2O2. The van der Waals surface area contributed by atoms with Crippen molar-refractivity contribution < 1.29 is 4.79 Å². The Kier molecular flexibility index (Phi) is 2.04. The highest BCUT2D eigenvalue weighted by molar-refractivity contribution is 5.99. The quantitative estimate of drug-likeness (QED) is 0.720. The molecule has 0 saturated heterocycles. The molecule has 2 aliphatic rings. The van der Waals surface area contributed by atoms with E-state index < -0.39 is 11.5 Å². The SMILES string of the molecule is Cc1cccc2[nH]c(=O)c(C(N)=O)c-2c1. The first-order valence-corrected chi connectivity index (χ1v) is 4.52. The van der Waals surface area contributed by atoms with Crippen LogP contribution in [0.4, 0.5) is 0 Å². The molecule has 0 fully saturated rings. The summed E-state index contributed by atoms with van der Waals surface area (Å²) in [5.41, 5.74) is 6.93. The summed E-state index contributed by atoms with van der Waals surface area (Å²) in [4.78, 5) is 25.1. The summed E-state index contributed by atoms with van der Waals surface area (Å²) in [7, 11) is 0. The van der Waals surface area contributed by atoms with E-state index in [1.165, 1.54) is 0 Å². The Hall–Kier alpha value is -2.10. The van der Waals surface area contributed by atoms with Crippen LogP contribution in [-0.4, -0.2) is 10.9 Å². The van der Waals surface area contributed by atoms with E-state index in [0.717, 1.165) is 5.56 Å². The summed E-state index contributed by atoms with van der Waals surface area (Å²) in [6, 6.07) is 7.23. The summed E-state index contributed by atoms with van der Waals surface area (Å²) in [5, 5.41) is 0. The van der Waals surface area contributed by atoms with Gasteiger partial charge in [-0.05, 0) is 19.1 Å². The van der Waals surface area contributed by atoms with E-state index in [1.807, 2.05) is 19.1 Å². The van der Waals surface area contributed by atoms with E-state index in [9.17, 15) is 9.59 Å². The second-order valence-corrected chi connectivity index (χ2v) is 3.43. The van der Waals surface area contributed by atoms with Gasteiger partial charge in [0.25, 0.3) is 11.5 Å². The van der Waals surface area contributed by atoms with Crippen LogP contribution in [0, 0.1) is 6.92 Å². The van der Waals surface area contributed by atoms with E-state index >= 15 is 0 Å². The van der Waals surface area contributed by atoms with E-state index in [2.05, 4.69) is 4.98 Å². The zero-order chi connectivity index (χ0) is 11.0. The van der Waals surface area contributed by atoms with Crippen LogP contribution in [-0.2, 0) is 0 Å². The van der Waals surface area contributed by atoms with Crippen LogP contribution in [0.25, 0.3) is 11.3 Å². The first kappa shape index (κ1) is 9.45. The number of carbonyl (C=O) groups is 1. The summed E-state index contributed by atoms with van der Waals surface area (Å²) < 4.78 is 0. The molecule has 0 aromatic rings. The predicted octanol–water partition coefficient (Wildman–Crippen LogP) is 0.887. The number of hydrogen-bond donors (Lipinski definition) is 2. The Balaban J connectivity index is 2.87. The number of amides is 1. The number of aromatic nitrogens is 1. The fraction of sp³-hybridized carbons (Fsp3) is 0.0909. The normalized spacial score (nSPS) is 10.5. The van der Waals surface area contributed by atoms with Gasteiger partial charge in [-0.2, -0.15) is 0 Å². The molecule has 1 aliphatic carbocycles. The monoisotopic (exact) mass is 202 g/mol. The lowest BCUT2D eigenvalue weighted by molar-refractivity contribution is 0.1000. The van der Waals surface area contributed by atoms with Gasteiger partial charge in [0.05, 0.1) is 0 Å². The molecule has 0 aromatic heterocycles. The van der Waals surface area contributed by atoms with Crippen LogP contribution >= 0.6 is 0 Å². The van der Waals surface area contributed by atoms with Crippen molar-refractivity contribution in [3.05, 3.63) is 45.7 Å². The number of fused-ring (bicyclic) bond motifs is 1. The van der Waals surface area contributed by atoms with Gasteiger partial charge in [0.15, 0.2) is 0 Å². The van der Waals surface area contributed by atoms with Crippen molar-refractivity contribution >= 4 is 5.91 Å². The number of aromatic amines is 1. The average molecular weight is 202 g/mol. The van der Waals surface area contributed by atoms with Crippen LogP contribution in [0.2, 0.25) is 0 Å². The number of carbonyl (C=O) groups excluding carboxylic acids is 1. The third-order valence-corrected chi connectivity index (χ3v) is 2.28. The summed E-state index contributed by atoms with van der Waals surface area (Å²) in [6.45, 7) is 1.89. The second kappa shape index (κ2) is 3.24. The molecule has 1 aliphatic heterocycles. The Morgan fingerprint density at radius 3 is 2.80 bits per heavy atom. The fourth-order valence-corrected chi connectivity index (χ4v) is 1.61. The highest BCUT2D eigenvalue weighted by Gasteiger charge is 2.18. The molecule has 0 spiro atoms. The third-order valence-electron chi connectivity index (χ3n) is 2.28. The van der Waals surface area contributed by atoms with Gasteiger partial charge in [0, 0.05) is 11.3 Å². The summed E-state index contributed by atoms with van der Waals surface area (Å²) in [6.07, 6.45) is 0. The number of primary amides is 1. The Morgan fingerprint density at radius 1 is 1.40 bits per heavy atom. The van der Waals surface area contributed by atoms with Crippen LogP contribution in [0.1, 0.15) is 15.9 Å². The number of aryl methyl sites for hydroxylation is 1. The van der Waals surface area contributed by atoms with Gasteiger partial charge in [-0.3, -0.25) is 9.59 Å². The number of H-pyrrole nitrogens is 1. The highest BCUT2D eigenvalue weighted by atomic mass is 16.2. The number of rotatable bonds is 1. The van der Waals surface area contributed by atoms with E-state index in [-0.39, 0.29) is 5.56 Å². The van der Waals surface area contributed by atoms with Crippen molar-refractivity contribution in [1.29, 1.82) is 0 Å². The summed E-state index contributed by atoms with van der Waals surface area (Å²) >= 11 is 0. The van der Waals surface area contributed by atoms with Crippen LogP contribution in [0.3, 0.4) is 0 Å². The smallest absolute Gasteiger partial charge is 0.261 e. The maximum Gasteiger partial charge on any atom is 0.261 e. The number of nitrogens with one attached hydrogen (secondary N) is 1. The fourth-order valence-electron chi connectivity index (χ4n) is 1.61. The molecule has 0 radical (unpaired) electrons. The van der Waals surface area contributed by atoms with Crippen molar-refractivity contribution in [3.63, 3.8) is 0 Å². The van der Waals surface area contributed by atoms with E-state index in [1.54, 1.807) is 12.1 Å². The van der Waals surface area contributed by atoms with Gasteiger partial charge in [0.1, 0.15) is 5.56 Å². The molecule has 4 nitrogen and oxygen atoms in total. The molecule has 76 valence electrons. The molecule has 0 bridgehead atoms. The molecule has 3 N–H and O–H groups in total. The van der Waals surface area contributed by atoms with Crippen LogP contribution in [0.5, 0.6) is 0 Å².